The quantitative estimate of drug-likeness (QED) is 0.439. The number of nitrogens with one attached hydrogen (secondary N) is 3. The SMILES string of the molecule is CCNN=CNC(=O)Nc1ccccc1C.Cl. The fourth-order valence-corrected chi connectivity index (χ4v) is 1.10. The molecular weight excluding hydrogens is 240 g/mol. The van der Waals surface area contributed by atoms with E-state index in [0.717, 1.165) is 17.8 Å². The van der Waals surface area contributed by atoms with E-state index in [1.165, 1.54) is 6.34 Å². The van der Waals surface area contributed by atoms with E-state index in [1.54, 1.807) is 0 Å². The number of hydrazone groups is 1. The summed E-state index contributed by atoms with van der Waals surface area (Å²) in [6.07, 6.45) is 1.32. The molecular formula is C11H17ClN4O. The molecule has 0 saturated carbocycles. The molecule has 0 fully saturated rings. The van der Waals surface area contributed by atoms with Gasteiger partial charge in [-0.05, 0) is 25.5 Å². The van der Waals surface area contributed by atoms with Crippen LogP contribution in [0.4, 0.5) is 10.5 Å². The third kappa shape index (κ3) is 5.77. The normalized spacial score (nSPS) is 9.53. The second kappa shape index (κ2) is 8.41. The fourth-order valence-electron chi connectivity index (χ4n) is 1.10. The molecule has 0 heterocycles. The lowest BCUT2D eigenvalue weighted by Gasteiger charge is -2.06. The molecule has 0 spiro atoms. The molecule has 94 valence electrons. The Balaban J connectivity index is 0.00000256. The van der Waals surface area contributed by atoms with Gasteiger partial charge in [0.15, 0.2) is 0 Å². The molecule has 2 amide bonds. The molecule has 6 heteroatoms. The number of hydrogen-bond donors (Lipinski definition) is 3. The molecule has 0 unspecified atom stereocenters. The highest BCUT2D eigenvalue weighted by Gasteiger charge is 2.00. The van der Waals surface area contributed by atoms with Crippen LogP contribution >= 0.6 is 12.4 Å². The van der Waals surface area contributed by atoms with E-state index in [0.29, 0.717) is 0 Å². The maximum absolute atomic E-state index is 11.4. The summed E-state index contributed by atoms with van der Waals surface area (Å²) < 4.78 is 0. The average Bonchev–Trinajstić information content (AvgIpc) is 2.28. The predicted octanol–water partition coefficient (Wildman–Crippen LogP) is 2.09. The van der Waals surface area contributed by atoms with Crippen molar-refractivity contribution in [2.45, 2.75) is 13.8 Å². The summed E-state index contributed by atoms with van der Waals surface area (Å²) in [7, 11) is 0. The van der Waals surface area contributed by atoms with E-state index in [2.05, 4.69) is 21.2 Å². The minimum atomic E-state index is -0.309. The van der Waals surface area contributed by atoms with Crippen LogP contribution in [0.2, 0.25) is 0 Å². The van der Waals surface area contributed by atoms with Crippen LogP contribution in [0.25, 0.3) is 0 Å². The Labute approximate surface area is 107 Å². The molecule has 0 atom stereocenters. The molecule has 0 aromatic heterocycles. The first kappa shape index (κ1) is 15.2. The van der Waals surface area contributed by atoms with Gasteiger partial charge in [-0.1, -0.05) is 18.2 Å². The van der Waals surface area contributed by atoms with Gasteiger partial charge in [0.2, 0.25) is 0 Å². The number of nitrogens with zero attached hydrogens (tertiary/aromatic N) is 1. The van der Waals surface area contributed by atoms with Crippen molar-refractivity contribution in [2.75, 3.05) is 11.9 Å². The summed E-state index contributed by atoms with van der Waals surface area (Å²) in [4.78, 5) is 11.4. The lowest BCUT2D eigenvalue weighted by molar-refractivity contribution is 0.256. The van der Waals surface area contributed by atoms with Gasteiger partial charge in [-0.3, -0.25) is 5.32 Å². The maximum Gasteiger partial charge on any atom is 0.324 e. The summed E-state index contributed by atoms with van der Waals surface area (Å²) >= 11 is 0. The van der Waals surface area contributed by atoms with Crippen molar-refractivity contribution >= 4 is 30.5 Å². The largest absolute Gasteiger partial charge is 0.324 e. The molecule has 0 aliphatic heterocycles. The highest BCUT2D eigenvalue weighted by Crippen LogP contribution is 2.12. The van der Waals surface area contributed by atoms with Crippen LogP contribution < -0.4 is 16.1 Å². The highest BCUT2D eigenvalue weighted by atomic mass is 35.5. The molecule has 0 bridgehead atoms. The Bertz CT molecular complexity index is 381. The van der Waals surface area contributed by atoms with E-state index in [4.69, 9.17) is 0 Å². The number of hydrogen-bond acceptors (Lipinski definition) is 3. The van der Waals surface area contributed by atoms with Gasteiger partial charge in [-0.15, -0.1) is 12.4 Å². The molecule has 1 rings (SSSR count). The van der Waals surface area contributed by atoms with E-state index in [1.807, 2.05) is 38.1 Å². The van der Waals surface area contributed by atoms with Gasteiger partial charge in [0.1, 0.15) is 6.34 Å². The van der Waals surface area contributed by atoms with Crippen LogP contribution in [-0.2, 0) is 0 Å². The number of halogens is 1. The molecule has 17 heavy (non-hydrogen) atoms. The number of anilines is 1. The predicted molar refractivity (Wildman–Crippen MR) is 72.8 cm³/mol. The number of carbonyl (C=O) groups is 1. The molecule has 1 aromatic rings. The molecule has 1 aromatic carbocycles. The second-order valence-electron chi connectivity index (χ2n) is 3.18. The summed E-state index contributed by atoms with van der Waals surface area (Å²) in [6, 6.07) is 7.26. The lowest BCUT2D eigenvalue weighted by atomic mass is 10.2. The summed E-state index contributed by atoms with van der Waals surface area (Å²) in [6.45, 7) is 4.57. The van der Waals surface area contributed by atoms with E-state index in [9.17, 15) is 4.79 Å². The van der Waals surface area contributed by atoms with Crippen LogP contribution in [0.5, 0.6) is 0 Å². The van der Waals surface area contributed by atoms with Crippen molar-refractivity contribution in [3.05, 3.63) is 29.8 Å². The zero-order valence-corrected chi connectivity index (χ0v) is 10.7. The third-order valence-electron chi connectivity index (χ3n) is 1.90. The fraction of sp³-hybridized carbons (Fsp3) is 0.273. The van der Waals surface area contributed by atoms with Crippen LogP contribution in [0.15, 0.2) is 29.4 Å². The van der Waals surface area contributed by atoms with Gasteiger partial charge in [-0.25, -0.2) is 4.79 Å². The number of urea groups is 1. The number of carbonyl (C=O) groups excluding carboxylic acids is 1. The van der Waals surface area contributed by atoms with Gasteiger partial charge in [0, 0.05) is 12.2 Å². The Morgan fingerprint density at radius 3 is 2.76 bits per heavy atom. The van der Waals surface area contributed by atoms with Gasteiger partial charge in [0.25, 0.3) is 0 Å². The van der Waals surface area contributed by atoms with Crippen molar-refractivity contribution in [1.29, 1.82) is 0 Å². The minimum Gasteiger partial charge on any atom is -0.309 e. The van der Waals surface area contributed by atoms with Crippen LogP contribution in [0.1, 0.15) is 12.5 Å². The molecule has 5 nitrogen and oxygen atoms in total. The number of benzene rings is 1. The first-order valence-corrected chi connectivity index (χ1v) is 5.11. The van der Waals surface area contributed by atoms with Crippen molar-refractivity contribution in [3.63, 3.8) is 0 Å². The topological polar surface area (TPSA) is 65.5 Å². The zero-order chi connectivity index (χ0) is 11.8. The standard InChI is InChI=1S/C11H16N4O.ClH/c1-3-13-14-8-12-11(16)15-10-7-5-4-6-9(10)2;/h4-8,13H,3H2,1-2H3,(H2,12,14,15,16);1H. The van der Waals surface area contributed by atoms with Crippen molar-refractivity contribution in [3.8, 4) is 0 Å². The monoisotopic (exact) mass is 256 g/mol. The van der Waals surface area contributed by atoms with Crippen molar-refractivity contribution < 1.29 is 4.79 Å². The van der Waals surface area contributed by atoms with Crippen molar-refractivity contribution in [1.82, 2.24) is 10.7 Å². The molecule has 0 aliphatic carbocycles. The summed E-state index contributed by atoms with van der Waals surface area (Å²) in [5, 5.41) is 8.95. The number of rotatable bonds is 4. The van der Waals surface area contributed by atoms with Gasteiger partial charge < -0.3 is 10.7 Å². The summed E-state index contributed by atoms with van der Waals surface area (Å²) in [5.74, 6) is 0. The Kier molecular flexibility index (Phi) is 7.54. The molecule has 3 N–H and O–H groups in total. The van der Waals surface area contributed by atoms with Crippen molar-refractivity contribution in [2.24, 2.45) is 5.10 Å². The molecule has 0 saturated heterocycles. The van der Waals surface area contributed by atoms with Gasteiger partial charge in [0.05, 0.1) is 0 Å². The number of amides is 2. The number of para-hydroxylation sites is 1. The Morgan fingerprint density at radius 2 is 2.12 bits per heavy atom. The second-order valence-corrected chi connectivity index (χ2v) is 3.18. The minimum absolute atomic E-state index is 0. The summed E-state index contributed by atoms with van der Waals surface area (Å²) in [5.41, 5.74) is 4.51. The van der Waals surface area contributed by atoms with Crippen LogP contribution in [0, 0.1) is 6.92 Å². The zero-order valence-electron chi connectivity index (χ0n) is 9.86. The molecule has 0 aliphatic rings. The smallest absolute Gasteiger partial charge is 0.309 e. The first-order valence-electron chi connectivity index (χ1n) is 5.11. The first-order chi connectivity index (χ1) is 7.74. The van der Waals surface area contributed by atoms with E-state index >= 15 is 0 Å². The average molecular weight is 257 g/mol. The number of aryl methyl sites for hydroxylation is 1. The van der Waals surface area contributed by atoms with E-state index < -0.39 is 0 Å². The highest BCUT2D eigenvalue weighted by molar-refractivity contribution is 5.96. The molecule has 0 radical (unpaired) electrons. The maximum atomic E-state index is 11.4. The third-order valence-corrected chi connectivity index (χ3v) is 1.90. The van der Waals surface area contributed by atoms with E-state index in [-0.39, 0.29) is 18.4 Å². The van der Waals surface area contributed by atoms with Crippen LogP contribution in [-0.4, -0.2) is 18.9 Å². The Morgan fingerprint density at radius 1 is 1.41 bits per heavy atom. The Hall–Kier alpha value is -1.75. The van der Waals surface area contributed by atoms with Gasteiger partial charge in [-0.2, -0.15) is 5.10 Å². The lowest BCUT2D eigenvalue weighted by Crippen LogP contribution is -2.28. The van der Waals surface area contributed by atoms with Crippen LogP contribution in [0.3, 0.4) is 0 Å². The van der Waals surface area contributed by atoms with Gasteiger partial charge >= 0.3 is 6.03 Å².